The van der Waals surface area contributed by atoms with Gasteiger partial charge in [0.15, 0.2) is 11.5 Å². The van der Waals surface area contributed by atoms with Gasteiger partial charge < -0.3 is 15.0 Å². The zero-order chi connectivity index (χ0) is 13.5. The number of fused-ring (bicyclic) bond motifs is 1. The number of hydrogen-bond donors (Lipinski definition) is 1. The van der Waals surface area contributed by atoms with Crippen LogP contribution in [-0.4, -0.2) is 27.5 Å². The molecule has 0 atom stereocenters. The van der Waals surface area contributed by atoms with E-state index in [2.05, 4.69) is 28.7 Å². The third-order valence-corrected chi connectivity index (χ3v) is 4.50. The van der Waals surface area contributed by atoms with E-state index in [9.17, 15) is 0 Å². The second kappa shape index (κ2) is 4.40. The topological polar surface area (TPSA) is 59.5 Å². The van der Waals surface area contributed by atoms with E-state index >= 15 is 0 Å². The SMILES string of the molecule is CCC1(C)CCN(c2nc(N)cn3ccnc23)CC1. The maximum absolute atomic E-state index is 5.88. The molecule has 1 saturated heterocycles. The van der Waals surface area contributed by atoms with Crippen LogP contribution in [0.25, 0.3) is 5.65 Å². The van der Waals surface area contributed by atoms with Gasteiger partial charge in [-0.25, -0.2) is 9.97 Å². The minimum atomic E-state index is 0.475. The molecule has 1 aliphatic rings. The fourth-order valence-electron chi connectivity index (χ4n) is 2.76. The zero-order valence-corrected chi connectivity index (χ0v) is 11.6. The number of aromatic nitrogens is 3. The molecule has 0 bridgehead atoms. The summed E-state index contributed by atoms with van der Waals surface area (Å²) in [5, 5.41) is 0. The number of rotatable bonds is 2. The Morgan fingerprint density at radius 2 is 2.11 bits per heavy atom. The van der Waals surface area contributed by atoms with Crippen molar-refractivity contribution in [1.29, 1.82) is 0 Å². The molecule has 102 valence electrons. The summed E-state index contributed by atoms with van der Waals surface area (Å²) in [5.74, 6) is 1.47. The first-order valence-electron chi connectivity index (χ1n) is 6.95. The van der Waals surface area contributed by atoms with Crippen molar-refractivity contribution in [3.05, 3.63) is 18.6 Å². The maximum atomic E-state index is 5.88. The van der Waals surface area contributed by atoms with Crippen LogP contribution < -0.4 is 10.6 Å². The van der Waals surface area contributed by atoms with Gasteiger partial charge in [0.25, 0.3) is 0 Å². The highest BCUT2D eigenvalue weighted by Gasteiger charge is 2.29. The number of hydrogen-bond acceptors (Lipinski definition) is 4. The number of imidazole rings is 1. The van der Waals surface area contributed by atoms with Crippen molar-refractivity contribution in [2.45, 2.75) is 33.1 Å². The Hall–Kier alpha value is -1.78. The Balaban J connectivity index is 1.91. The van der Waals surface area contributed by atoms with E-state index in [4.69, 9.17) is 5.73 Å². The van der Waals surface area contributed by atoms with Gasteiger partial charge in [-0.2, -0.15) is 0 Å². The Morgan fingerprint density at radius 1 is 1.37 bits per heavy atom. The standard InChI is InChI=1S/C14H21N5/c1-3-14(2)4-7-18(8-5-14)13-12-16-6-9-19(12)10-11(15)17-13/h6,9-10H,3-5,7-8,15H2,1-2H3. The van der Waals surface area contributed by atoms with Gasteiger partial charge in [0.05, 0.1) is 6.20 Å². The lowest BCUT2D eigenvalue weighted by Gasteiger charge is -2.39. The normalized spacial score (nSPS) is 18.9. The van der Waals surface area contributed by atoms with Crippen molar-refractivity contribution < 1.29 is 0 Å². The summed E-state index contributed by atoms with van der Waals surface area (Å²) >= 11 is 0. The number of anilines is 2. The predicted molar refractivity (Wildman–Crippen MR) is 77.2 cm³/mol. The summed E-state index contributed by atoms with van der Waals surface area (Å²) in [6, 6.07) is 0. The minimum absolute atomic E-state index is 0.475. The van der Waals surface area contributed by atoms with Crippen LogP contribution in [0.4, 0.5) is 11.6 Å². The van der Waals surface area contributed by atoms with Crippen LogP contribution in [0, 0.1) is 5.41 Å². The van der Waals surface area contributed by atoms with Gasteiger partial charge in [0, 0.05) is 25.5 Å². The molecule has 3 heterocycles. The Kier molecular flexibility index (Phi) is 2.84. The molecular formula is C14H21N5. The number of nitrogens with two attached hydrogens (primary N) is 1. The lowest BCUT2D eigenvalue weighted by molar-refractivity contribution is 0.238. The molecule has 0 spiro atoms. The van der Waals surface area contributed by atoms with E-state index in [1.165, 1.54) is 19.3 Å². The van der Waals surface area contributed by atoms with Gasteiger partial charge in [-0.05, 0) is 18.3 Å². The van der Waals surface area contributed by atoms with E-state index < -0.39 is 0 Å². The Morgan fingerprint density at radius 3 is 2.79 bits per heavy atom. The Bertz CT molecular complexity index is 581. The van der Waals surface area contributed by atoms with Crippen LogP contribution in [0.2, 0.25) is 0 Å². The molecule has 2 aromatic rings. The molecule has 0 amide bonds. The number of nitrogen functional groups attached to an aromatic ring is 1. The molecular weight excluding hydrogens is 238 g/mol. The van der Waals surface area contributed by atoms with Gasteiger partial charge in [-0.15, -0.1) is 0 Å². The number of piperidine rings is 1. The van der Waals surface area contributed by atoms with Crippen molar-refractivity contribution in [3.8, 4) is 0 Å². The third kappa shape index (κ3) is 2.13. The van der Waals surface area contributed by atoms with Crippen LogP contribution in [0.3, 0.4) is 0 Å². The molecule has 0 unspecified atom stereocenters. The average Bonchev–Trinajstić information content (AvgIpc) is 2.87. The second-order valence-electron chi connectivity index (χ2n) is 5.80. The first kappa shape index (κ1) is 12.3. The zero-order valence-electron chi connectivity index (χ0n) is 11.6. The maximum Gasteiger partial charge on any atom is 0.180 e. The average molecular weight is 259 g/mol. The fourth-order valence-corrected chi connectivity index (χ4v) is 2.76. The first-order valence-corrected chi connectivity index (χ1v) is 6.95. The van der Waals surface area contributed by atoms with E-state index in [0.29, 0.717) is 11.2 Å². The van der Waals surface area contributed by atoms with E-state index in [0.717, 1.165) is 24.6 Å². The van der Waals surface area contributed by atoms with Crippen molar-refractivity contribution in [2.24, 2.45) is 5.41 Å². The van der Waals surface area contributed by atoms with Crippen molar-refractivity contribution in [3.63, 3.8) is 0 Å². The second-order valence-corrected chi connectivity index (χ2v) is 5.80. The fraction of sp³-hybridized carbons (Fsp3) is 0.571. The molecule has 3 rings (SSSR count). The molecule has 2 aromatic heterocycles. The van der Waals surface area contributed by atoms with Gasteiger partial charge >= 0.3 is 0 Å². The monoisotopic (exact) mass is 259 g/mol. The lowest BCUT2D eigenvalue weighted by Crippen LogP contribution is -2.39. The van der Waals surface area contributed by atoms with E-state index in [1.54, 1.807) is 6.20 Å². The van der Waals surface area contributed by atoms with Crippen LogP contribution in [0.1, 0.15) is 33.1 Å². The predicted octanol–water partition coefficient (Wildman–Crippen LogP) is 2.33. The van der Waals surface area contributed by atoms with Crippen LogP contribution >= 0.6 is 0 Å². The molecule has 2 N–H and O–H groups in total. The van der Waals surface area contributed by atoms with Gasteiger partial charge in [-0.3, -0.25) is 0 Å². The van der Waals surface area contributed by atoms with Crippen molar-refractivity contribution in [1.82, 2.24) is 14.4 Å². The summed E-state index contributed by atoms with van der Waals surface area (Å²) < 4.78 is 1.95. The van der Waals surface area contributed by atoms with Gasteiger partial charge in [0.1, 0.15) is 5.82 Å². The molecule has 0 radical (unpaired) electrons. The van der Waals surface area contributed by atoms with Crippen LogP contribution in [0.15, 0.2) is 18.6 Å². The first-order chi connectivity index (χ1) is 9.11. The van der Waals surface area contributed by atoms with Crippen molar-refractivity contribution >= 4 is 17.3 Å². The number of nitrogens with zero attached hydrogens (tertiary/aromatic N) is 4. The summed E-state index contributed by atoms with van der Waals surface area (Å²) in [5.41, 5.74) is 7.26. The molecule has 1 aliphatic heterocycles. The summed E-state index contributed by atoms with van der Waals surface area (Å²) in [4.78, 5) is 11.2. The molecule has 0 aliphatic carbocycles. The quantitative estimate of drug-likeness (QED) is 0.899. The lowest BCUT2D eigenvalue weighted by atomic mass is 9.78. The summed E-state index contributed by atoms with van der Waals surface area (Å²) in [6.07, 6.45) is 9.16. The Labute approximate surface area is 113 Å². The highest BCUT2D eigenvalue weighted by molar-refractivity contribution is 5.66. The molecule has 5 heteroatoms. The molecule has 0 aromatic carbocycles. The van der Waals surface area contributed by atoms with E-state index in [1.807, 2.05) is 16.8 Å². The molecule has 1 fully saturated rings. The third-order valence-electron chi connectivity index (χ3n) is 4.50. The minimum Gasteiger partial charge on any atom is -0.382 e. The highest BCUT2D eigenvalue weighted by Crippen LogP contribution is 2.36. The van der Waals surface area contributed by atoms with Crippen LogP contribution in [-0.2, 0) is 0 Å². The van der Waals surface area contributed by atoms with Gasteiger partial charge in [0.2, 0.25) is 0 Å². The molecule has 5 nitrogen and oxygen atoms in total. The highest BCUT2D eigenvalue weighted by atomic mass is 15.2. The largest absolute Gasteiger partial charge is 0.382 e. The summed E-state index contributed by atoms with van der Waals surface area (Å²) in [7, 11) is 0. The molecule has 0 saturated carbocycles. The molecule has 19 heavy (non-hydrogen) atoms. The summed E-state index contributed by atoms with van der Waals surface area (Å²) in [6.45, 7) is 6.72. The van der Waals surface area contributed by atoms with Crippen molar-refractivity contribution in [2.75, 3.05) is 23.7 Å². The smallest absolute Gasteiger partial charge is 0.180 e. The van der Waals surface area contributed by atoms with E-state index in [-0.39, 0.29) is 0 Å². The van der Waals surface area contributed by atoms with Crippen LogP contribution in [0.5, 0.6) is 0 Å². The van der Waals surface area contributed by atoms with Gasteiger partial charge in [-0.1, -0.05) is 20.3 Å².